The van der Waals surface area contributed by atoms with E-state index >= 15 is 0 Å². The Hall–Kier alpha value is 0.496. The number of aliphatic hydroxyl groups is 2. The number of aliphatic carboxylic acids is 2. The van der Waals surface area contributed by atoms with E-state index in [0.29, 0.717) is 0 Å². The Morgan fingerprint density at radius 1 is 0.933 bits per heavy atom. The van der Waals surface area contributed by atoms with Gasteiger partial charge in [0.2, 0.25) is 0 Å². The third kappa shape index (κ3) is 31.4. The summed E-state index contributed by atoms with van der Waals surface area (Å²) in [5.74, 6) is -1.93. The molecule has 6 nitrogen and oxygen atoms in total. The molecule has 0 aromatic rings. The van der Waals surface area contributed by atoms with Crippen LogP contribution in [0.25, 0.3) is 0 Å². The Morgan fingerprint density at radius 2 is 1.13 bits per heavy atom. The number of aliphatic hydroxyl groups excluding tert-OH is 2. The van der Waals surface area contributed by atoms with Gasteiger partial charge in [-0.2, -0.15) is 0 Å². The van der Waals surface area contributed by atoms with Gasteiger partial charge in [0, 0.05) is 0 Å². The van der Waals surface area contributed by atoms with Crippen LogP contribution >= 0.6 is 0 Å². The first-order chi connectivity index (χ1) is 6.25. The quantitative estimate of drug-likeness (QED) is 0.476. The number of carboxylic acids is 2. The van der Waals surface area contributed by atoms with Crippen LogP contribution in [0, 0.1) is 0 Å². The van der Waals surface area contributed by atoms with Crippen LogP contribution in [0.15, 0.2) is 0 Å². The molecule has 2 atom stereocenters. The zero-order chi connectivity index (χ0) is 11.7. The van der Waals surface area contributed by atoms with Gasteiger partial charge >= 0.3 is 63.3 Å². The van der Waals surface area contributed by atoms with Crippen LogP contribution in [0.2, 0.25) is 0 Å². The van der Waals surface area contributed by atoms with Gasteiger partial charge < -0.3 is 20.4 Å². The number of rotatable bonds is 4. The van der Waals surface area contributed by atoms with E-state index in [-0.39, 0.29) is 64.2 Å². The molecule has 0 aromatic carbocycles. The molecule has 0 spiro atoms. The summed E-state index contributed by atoms with van der Waals surface area (Å²) in [5.41, 5.74) is 0. The van der Waals surface area contributed by atoms with Crippen LogP contribution in [0.1, 0.15) is 26.7 Å². The maximum atomic E-state index is 9.65. The van der Waals surface area contributed by atoms with E-state index < -0.39 is 24.1 Å². The summed E-state index contributed by atoms with van der Waals surface area (Å²) in [4.78, 5) is 19.3. The molecule has 0 aliphatic heterocycles. The summed E-state index contributed by atoms with van der Waals surface area (Å²) in [7, 11) is 0. The molecular formula is C8H17KO6. The molecule has 0 fully saturated rings. The van der Waals surface area contributed by atoms with E-state index in [2.05, 4.69) is 0 Å². The summed E-state index contributed by atoms with van der Waals surface area (Å²) in [6.07, 6.45) is -1.78. The van der Waals surface area contributed by atoms with Gasteiger partial charge in [0.15, 0.2) is 0 Å². The van der Waals surface area contributed by atoms with Crippen LogP contribution in [-0.4, -0.2) is 96.0 Å². The molecule has 0 aromatic heterocycles. The molecule has 0 bridgehead atoms. The second-order valence-corrected chi connectivity index (χ2v) is 2.89. The van der Waals surface area contributed by atoms with E-state index in [0.717, 1.165) is 0 Å². The molecule has 0 saturated carbocycles. The van der Waals surface area contributed by atoms with Crippen molar-refractivity contribution in [3.8, 4) is 0 Å². The number of carbonyl (C=O) groups is 2. The Bertz CT molecular complexity index is 160. The number of hydrogen-bond acceptors (Lipinski definition) is 4. The molecule has 86 valence electrons. The molecule has 4 N–H and O–H groups in total. The van der Waals surface area contributed by atoms with Crippen LogP contribution in [0.3, 0.4) is 0 Å². The predicted molar refractivity (Wildman–Crippen MR) is 55.0 cm³/mol. The van der Waals surface area contributed by atoms with Gasteiger partial charge in [-0.05, 0) is 13.8 Å². The molecule has 0 radical (unpaired) electrons. The molecule has 2 unspecified atom stereocenters. The Labute approximate surface area is 131 Å². The van der Waals surface area contributed by atoms with E-state index in [1.807, 2.05) is 0 Å². The minimum atomic E-state index is -0.963. The van der Waals surface area contributed by atoms with E-state index in [9.17, 15) is 9.59 Å². The molecule has 0 heterocycles. The minimum absolute atomic E-state index is 0. The van der Waals surface area contributed by atoms with E-state index in [4.69, 9.17) is 20.4 Å². The summed E-state index contributed by atoms with van der Waals surface area (Å²) < 4.78 is 0. The fraction of sp³-hybridized carbons (Fsp3) is 0.750. The SMILES string of the molecule is CC(O)CC(=O)O.CC(O)CC(=O)O.[KH]. The van der Waals surface area contributed by atoms with Crippen molar-refractivity contribution in [3.63, 3.8) is 0 Å². The third-order valence-corrected chi connectivity index (χ3v) is 0.940. The van der Waals surface area contributed by atoms with Gasteiger partial charge in [0.1, 0.15) is 0 Å². The Balaban J connectivity index is -0.000000180. The van der Waals surface area contributed by atoms with Crippen LogP contribution in [0.4, 0.5) is 0 Å². The monoisotopic (exact) mass is 248 g/mol. The van der Waals surface area contributed by atoms with Gasteiger partial charge in [0.25, 0.3) is 0 Å². The second kappa shape index (κ2) is 12.6. The van der Waals surface area contributed by atoms with Crippen molar-refractivity contribution in [2.45, 2.75) is 38.9 Å². The first kappa shape index (κ1) is 20.9. The van der Waals surface area contributed by atoms with Gasteiger partial charge in [-0.25, -0.2) is 0 Å². The van der Waals surface area contributed by atoms with Gasteiger partial charge in [-0.1, -0.05) is 0 Å². The zero-order valence-corrected chi connectivity index (χ0v) is 8.17. The summed E-state index contributed by atoms with van der Waals surface area (Å²) in [5, 5.41) is 32.5. The average molecular weight is 248 g/mol. The summed E-state index contributed by atoms with van der Waals surface area (Å²) in [6.45, 7) is 2.88. The Kier molecular flexibility index (Phi) is 17.5. The van der Waals surface area contributed by atoms with Crippen molar-refractivity contribution >= 4 is 63.3 Å². The first-order valence-electron chi connectivity index (χ1n) is 4.05. The van der Waals surface area contributed by atoms with Gasteiger partial charge in [0.05, 0.1) is 25.0 Å². The molecule has 0 aliphatic carbocycles. The van der Waals surface area contributed by atoms with Crippen molar-refractivity contribution in [2.75, 3.05) is 0 Å². The van der Waals surface area contributed by atoms with Crippen LogP contribution < -0.4 is 0 Å². The maximum absolute atomic E-state index is 9.65. The molecule has 0 rings (SSSR count). The summed E-state index contributed by atoms with van der Waals surface area (Å²) >= 11 is 0. The first-order valence-corrected chi connectivity index (χ1v) is 4.05. The average Bonchev–Trinajstić information content (AvgIpc) is 1.79. The van der Waals surface area contributed by atoms with Gasteiger partial charge in [-0.15, -0.1) is 0 Å². The van der Waals surface area contributed by atoms with Crippen molar-refractivity contribution in [1.29, 1.82) is 0 Å². The normalized spacial score (nSPS) is 12.5. The van der Waals surface area contributed by atoms with E-state index in [1.54, 1.807) is 0 Å². The molecule has 0 amide bonds. The van der Waals surface area contributed by atoms with Crippen molar-refractivity contribution in [2.24, 2.45) is 0 Å². The Morgan fingerprint density at radius 3 is 1.13 bits per heavy atom. The zero-order valence-electron chi connectivity index (χ0n) is 8.17. The van der Waals surface area contributed by atoms with Crippen LogP contribution in [0.5, 0.6) is 0 Å². The molecule has 15 heavy (non-hydrogen) atoms. The standard InChI is InChI=1S/2C4H8O3.K.H/c2*1-3(5)2-4(6)7;;/h2*3,5H,2H2,1H3,(H,6,7);;. The van der Waals surface area contributed by atoms with Crippen molar-refractivity contribution in [1.82, 2.24) is 0 Å². The van der Waals surface area contributed by atoms with E-state index in [1.165, 1.54) is 13.8 Å². The van der Waals surface area contributed by atoms with Gasteiger partial charge in [-0.3, -0.25) is 9.59 Å². The number of hydrogen-bond donors (Lipinski definition) is 4. The fourth-order valence-corrected chi connectivity index (χ4v) is 0.505. The fourth-order valence-electron chi connectivity index (χ4n) is 0.505. The molecular weight excluding hydrogens is 231 g/mol. The molecule has 0 aliphatic rings. The van der Waals surface area contributed by atoms with Crippen molar-refractivity contribution < 1.29 is 30.0 Å². The number of carboxylic acid groups (broad SMARTS) is 2. The predicted octanol–water partition coefficient (Wildman–Crippen LogP) is -0.965. The third-order valence-electron chi connectivity index (χ3n) is 0.940. The summed E-state index contributed by atoms with van der Waals surface area (Å²) in [6, 6.07) is 0. The van der Waals surface area contributed by atoms with Crippen LogP contribution in [-0.2, 0) is 9.59 Å². The second-order valence-electron chi connectivity index (χ2n) is 2.89. The molecule has 7 heteroatoms. The molecule has 0 saturated heterocycles. The van der Waals surface area contributed by atoms with Crippen molar-refractivity contribution in [3.05, 3.63) is 0 Å². The topological polar surface area (TPSA) is 115 Å².